The van der Waals surface area contributed by atoms with E-state index in [4.69, 9.17) is 4.74 Å². The number of aromatic nitrogens is 2. The van der Waals surface area contributed by atoms with Crippen molar-refractivity contribution in [3.8, 4) is 17.7 Å². The average Bonchev–Trinajstić information content (AvgIpc) is 2.65. The third kappa shape index (κ3) is 6.26. The lowest BCUT2D eigenvalue weighted by atomic mass is 10.1. The molecule has 0 radical (unpaired) electrons. The molecule has 1 aromatic carbocycles. The van der Waals surface area contributed by atoms with Gasteiger partial charge in [0.15, 0.2) is 5.16 Å². The SMILES string of the molecule is CCN(C)C=Nc1cc(C#N)c(Oc2ccnc(SCC(C)C)n2)cc1C. The molecule has 0 aliphatic carbocycles. The van der Waals surface area contributed by atoms with Crippen molar-refractivity contribution in [2.75, 3.05) is 19.3 Å². The fourth-order valence-electron chi connectivity index (χ4n) is 2.03. The van der Waals surface area contributed by atoms with Crippen molar-refractivity contribution in [1.82, 2.24) is 14.9 Å². The van der Waals surface area contributed by atoms with Gasteiger partial charge in [-0.2, -0.15) is 10.2 Å². The van der Waals surface area contributed by atoms with Crippen LogP contribution in [0, 0.1) is 24.2 Å². The summed E-state index contributed by atoms with van der Waals surface area (Å²) < 4.78 is 5.88. The first-order valence-electron chi connectivity index (χ1n) is 8.85. The summed E-state index contributed by atoms with van der Waals surface area (Å²) in [5.74, 6) is 2.38. The number of rotatable bonds is 8. The minimum atomic E-state index is 0.418. The van der Waals surface area contributed by atoms with E-state index in [-0.39, 0.29) is 0 Å². The van der Waals surface area contributed by atoms with E-state index in [0.29, 0.717) is 28.3 Å². The van der Waals surface area contributed by atoms with Gasteiger partial charge in [-0.1, -0.05) is 25.6 Å². The normalized spacial score (nSPS) is 11.0. The summed E-state index contributed by atoms with van der Waals surface area (Å²) in [7, 11) is 1.95. The highest BCUT2D eigenvalue weighted by Gasteiger charge is 2.11. The number of benzene rings is 1. The molecule has 0 fully saturated rings. The predicted octanol–water partition coefficient (Wildman–Crippen LogP) is 4.81. The molecule has 1 heterocycles. The van der Waals surface area contributed by atoms with Gasteiger partial charge in [-0.05, 0) is 37.5 Å². The van der Waals surface area contributed by atoms with Crippen LogP contribution in [-0.4, -0.2) is 40.6 Å². The predicted molar refractivity (Wildman–Crippen MR) is 110 cm³/mol. The zero-order valence-electron chi connectivity index (χ0n) is 16.4. The summed E-state index contributed by atoms with van der Waals surface area (Å²) in [4.78, 5) is 15.1. The fourth-order valence-corrected chi connectivity index (χ4v) is 2.80. The molecular formula is C20H25N5OS. The Morgan fingerprint density at radius 3 is 2.85 bits per heavy atom. The van der Waals surface area contributed by atoms with Crippen LogP contribution in [0.4, 0.5) is 5.69 Å². The van der Waals surface area contributed by atoms with E-state index in [1.54, 1.807) is 36.4 Å². The summed E-state index contributed by atoms with van der Waals surface area (Å²) in [6.07, 6.45) is 3.43. The molecule has 0 atom stereocenters. The molecule has 1 aromatic heterocycles. The Balaban J connectivity index is 2.24. The monoisotopic (exact) mass is 383 g/mol. The van der Waals surface area contributed by atoms with Crippen LogP contribution in [-0.2, 0) is 0 Å². The molecule has 0 amide bonds. The quantitative estimate of drug-likeness (QED) is 0.282. The van der Waals surface area contributed by atoms with Gasteiger partial charge in [0.2, 0.25) is 5.88 Å². The molecule has 2 aromatic rings. The molecule has 0 aliphatic rings. The van der Waals surface area contributed by atoms with Gasteiger partial charge in [0, 0.05) is 31.6 Å². The van der Waals surface area contributed by atoms with Crippen molar-refractivity contribution in [3.63, 3.8) is 0 Å². The van der Waals surface area contributed by atoms with E-state index in [9.17, 15) is 5.26 Å². The summed E-state index contributed by atoms with van der Waals surface area (Å²) in [6.45, 7) is 9.15. The van der Waals surface area contributed by atoms with Gasteiger partial charge in [-0.25, -0.2) is 9.98 Å². The van der Waals surface area contributed by atoms with Crippen LogP contribution >= 0.6 is 11.8 Å². The highest BCUT2D eigenvalue weighted by molar-refractivity contribution is 7.99. The Labute approximate surface area is 165 Å². The van der Waals surface area contributed by atoms with Gasteiger partial charge in [0.25, 0.3) is 0 Å². The van der Waals surface area contributed by atoms with Crippen LogP contribution in [0.1, 0.15) is 31.9 Å². The summed E-state index contributed by atoms with van der Waals surface area (Å²) in [5, 5.41) is 10.2. The van der Waals surface area contributed by atoms with Gasteiger partial charge in [0.05, 0.1) is 17.6 Å². The summed E-state index contributed by atoms with van der Waals surface area (Å²) in [6, 6.07) is 7.43. The number of thioether (sulfide) groups is 1. The summed E-state index contributed by atoms with van der Waals surface area (Å²) in [5.41, 5.74) is 2.09. The third-order valence-corrected chi connectivity index (χ3v) is 4.97. The lowest BCUT2D eigenvalue weighted by Crippen LogP contribution is -2.14. The maximum absolute atomic E-state index is 9.51. The number of aryl methyl sites for hydroxylation is 1. The Kier molecular flexibility index (Phi) is 7.62. The fraction of sp³-hybridized carbons (Fsp3) is 0.400. The van der Waals surface area contributed by atoms with E-state index in [1.807, 2.05) is 31.9 Å². The van der Waals surface area contributed by atoms with E-state index in [2.05, 4.69) is 34.9 Å². The van der Waals surface area contributed by atoms with Crippen molar-refractivity contribution < 1.29 is 4.74 Å². The summed E-state index contributed by atoms with van der Waals surface area (Å²) >= 11 is 1.59. The van der Waals surface area contributed by atoms with Crippen LogP contribution in [0.2, 0.25) is 0 Å². The van der Waals surface area contributed by atoms with E-state index in [0.717, 1.165) is 23.5 Å². The lowest BCUT2D eigenvalue weighted by molar-refractivity contribution is 0.454. The molecule has 7 heteroatoms. The smallest absolute Gasteiger partial charge is 0.223 e. The molecule has 0 bridgehead atoms. The molecule has 0 unspecified atom stereocenters. The van der Waals surface area contributed by atoms with E-state index in [1.165, 1.54) is 0 Å². The van der Waals surface area contributed by atoms with Crippen molar-refractivity contribution in [2.45, 2.75) is 32.9 Å². The first-order valence-corrected chi connectivity index (χ1v) is 9.84. The van der Waals surface area contributed by atoms with Gasteiger partial charge in [-0.15, -0.1) is 0 Å². The molecule has 0 spiro atoms. The second-order valence-electron chi connectivity index (χ2n) is 6.55. The van der Waals surface area contributed by atoms with Gasteiger partial charge < -0.3 is 9.64 Å². The highest BCUT2D eigenvalue weighted by Crippen LogP contribution is 2.31. The Hall–Kier alpha value is -2.59. The minimum Gasteiger partial charge on any atom is -0.437 e. The number of nitriles is 1. The third-order valence-electron chi connectivity index (χ3n) is 3.68. The second-order valence-corrected chi connectivity index (χ2v) is 7.54. The van der Waals surface area contributed by atoms with Crippen LogP contribution in [0.15, 0.2) is 34.5 Å². The van der Waals surface area contributed by atoms with Crippen molar-refractivity contribution in [2.24, 2.45) is 10.9 Å². The Morgan fingerprint density at radius 1 is 1.41 bits per heavy atom. The number of hydrogen-bond donors (Lipinski definition) is 0. The zero-order chi connectivity index (χ0) is 19.8. The van der Waals surface area contributed by atoms with Crippen molar-refractivity contribution >= 4 is 23.8 Å². The van der Waals surface area contributed by atoms with Crippen LogP contribution in [0.5, 0.6) is 11.6 Å². The molecule has 0 aliphatic heterocycles. The molecule has 0 saturated carbocycles. The van der Waals surface area contributed by atoms with Crippen LogP contribution in [0.25, 0.3) is 0 Å². The molecule has 2 rings (SSSR count). The number of hydrogen-bond acceptors (Lipinski definition) is 6. The maximum atomic E-state index is 9.51. The number of aliphatic imine (C=N–C) groups is 1. The molecule has 27 heavy (non-hydrogen) atoms. The molecule has 0 saturated heterocycles. The van der Waals surface area contributed by atoms with Gasteiger partial charge in [0.1, 0.15) is 11.8 Å². The van der Waals surface area contributed by atoms with Crippen LogP contribution < -0.4 is 4.74 Å². The Morgan fingerprint density at radius 2 is 2.19 bits per heavy atom. The van der Waals surface area contributed by atoms with Gasteiger partial charge >= 0.3 is 0 Å². The highest BCUT2D eigenvalue weighted by atomic mass is 32.2. The molecular weight excluding hydrogens is 358 g/mol. The topological polar surface area (TPSA) is 74.4 Å². The number of ether oxygens (including phenoxy) is 1. The van der Waals surface area contributed by atoms with Gasteiger partial charge in [-0.3, -0.25) is 0 Å². The first kappa shape index (κ1) is 20.7. The minimum absolute atomic E-state index is 0.418. The lowest BCUT2D eigenvalue weighted by Gasteiger charge is -2.11. The molecule has 0 N–H and O–H groups in total. The zero-order valence-corrected chi connectivity index (χ0v) is 17.2. The van der Waals surface area contributed by atoms with Crippen molar-refractivity contribution in [1.29, 1.82) is 5.26 Å². The number of nitrogens with zero attached hydrogens (tertiary/aromatic N) is 5. The Bertz CT molecular complexity index is 845. The van der Waals surface area contributed by atoms with Crippen LogP contribution in [0.3, 0.4) is 0 Å². The second kappa shape index (κ2) is 9.93. The molecule has 6 nitrogen and oxygen atoms in total. The molecule has 142 valence electrons. The standard InChI is InChI=1S/C20H25N5OS/c1-6-25(5)13-23-17-10-16(11-21)18(9-15(17)4)26-19-7-8-22-20(24-19)27-12-14(2)3/h7-10,13-14H,6,12H2,1-5H3. The maximum Gasteiger partial charge on any atom is 0.223 e. The largest absolute Gasteiger partial charge is 0.437 e. The first-order chi connectivity index (χ1) is 12.9. The van der Waals surface area contributed by atoms with E-state index >= 15 is 0 Å². The van der Waals surface area contributed by atoms with Crippen molar-refractivity contribution in [3.05, 3.63) is 35.5 Å². The average molecular weight is 384 g/mol. The van der Waals surface area contributed by atoms with E-state index < -0.39 is 0 Å².